The van der Waals surface area contributed by atoms with Crippen LogP contribution in [-0.4, -0.2) is 35.4 Å². The molecular formula is C9H14N4O2. The number of aromatic nitrogens is 2. The molecule has 0 saturated carbocycles. The summed E-state index contributed by atoms with van der Waals surface area (Å²) in [5.74, 6) is -0.236. The molecule has 1 aliphatic rings. The number of ether oxygens (including phenoxy) is 1. The van der Waals surface area contributed by atoms with Gasteiger partial charge in [0.25, 0.3) is 5.91 Å². The quantitative estimate of drug-likeness (QED) is 0.649. The van der Waals surface area contributed by atoms with Gasteiger partial charge in [0.05, 0.1) is 18.0 Å². The molecule has 1 fully saturated rings. The largest absolute Gasteiger partial charge is 0.396 e. The summed E-state index contributed by atoms with van der Waals surface area (Å²) in [6.07, 6.45) is 3.62. The number of nitrogens with two attached hydrogens (primary N) is 1. The summed E-state index contributed by atoms with van der Waals surface area (Å²) in [5, 5.41) is 8.99. The average molecular weight is 210 g/mol. The van der Waals surface area contributed by atoms with E-state index in [2.05, 4.69) is 15.5 Å². The van der Waals surface area contributed by atoms with Crippen LogP contribution in [0.15, 0.2) is 6.20 Å². The molecule has 1 aromatic heterocycles. The van der Waals surface area contributed by atoms with Crippen LogP contribution in [-0.2, 0) is 4.74 Å². The highest BCUT2D eigenvalue weighted by molar-refractivity contribution is 5.96. The number of rotatable bonds is 3. The van der Waals surface area contributed by atoms with E-state index in [1.165, 1.54) is 6.20 Å². The molecule has 1 amide bonds. The van der Waals surface area contributed by atoms with Gasteiger partial charge in [0.15, 0.2) is 0 Å². The summed E-state index contributed by atoms with van der Waals surface area (Å²) < 4.78 is 5.38. The highest BCUT2D eigenvalue weighted by Crippen LogP contribution is 2.11. The second-order valence-corrected chi connectivity index (χ2v) is 3.55. The zero-order valence-corrected chi connectivity index (χ0v) is 8.32. The normalized spacial score (nSPS) is 20.4. The third-order valence-electron chi connectivity index (χ3n) is 2.41. The summed E-state index contributed by atoms with van der Waals surface area (Å²) >= 11 is 0. The molecule has 1 unspecified atom stereocenters. The maximum Gasteiger partial charge on any atom is 0.271 e. The lowest BCUT2D eigenvalue weighted by atomic mass is 10.2. The molecule has 15 heavy (non-hydrogen) atoms. The maximum atomic E-state index is 11.6. The summed E-state index contributed by atoms with van der Waals surface area (Å²) in [4.78, 5) is 11.6. The highest BCUT2D eigenvalue weighted by atomic mass is 16.5. The average Bonchev–Trinajstić information content (AvgIpc) is 2.84. The van der Waals surface area contributed by atoms with Gasteiger partial charge in [0.1, 0.15) is 5.69 Å². The summed E-state index contributed by atoms with van der Waals surface area (Å²) in [7, 11) is 0. The molecule has 0 radical (unpaired) electrons. The minimum atomic E-state index is -0.236. The van der Waals surface area contributed by atoms with Crippen molar-refractivity contribution in [1.29, 1.82) is 0 Å². The number of carbonyl (C=O) groups excluding carboxylic acids is 1. The van der Waals surface area contributed by atoms with Gasteiger partial charge in [-0.1, -0.05) is 0 Å². The number of H-pyrrole nitrogens is 1. The Balaban J connectivity index is 1.84. The zero-order valence-electron chi connectivity index (χ0n) is 8.32. The van der Waals surface area contributed by atoms with E-state index in [1.54, 1.807) is 0 Å². The molecule has 4 N–H and O–H groups in total. The Morgan fingerprint density at radius 2 is 2.67 bits per heavy atom. The Morgan fingerprint density at radius 3 is 3.27 bits per heavy atom. The molecule has 0 spiro atoms. The van der Waals surface area contributed by atoms with Crippen LogP contribution in [0.2, 0.25) is 0 Å². The highest BCUT2D eigenvalue weighted by Gasteiger charge is 2.18. The fraction of sp³-hybridized carbons (Fsp3) is 0.556. The van der Waals surface area contributed by atoms with Crippen LogP contribution in [0.25, 0.3) is 0 Å². The van der Waals surface area contributed by atoms with Gasteiger partial charge >= 0.3 is 0 Å². The number of nitrogens with zero attached hydrogens (tertiary/aromatic N) is 1. The molecule has 1 aromatic rings. The number of anilines is 1. The first kappa shape index (κ1) is 9.97. The molecule has 2 heterocycles. The molecule has 2 rings (SSSR count). The van der Waals surface area contributed by atoms with Crippen molar-refractivity contribution in [2.45, 2.75) is 18.9 Å². The minimum absolute atomic E-state index is 0.137. The van der Waals surface area contributed by atoms with E-state index in [0.717, 1.165) is 19.4 Å². The first-order chi connectivity index (χ1) is 7.27. The van der Waals surface area contributed by atoms with Gasteiger partial charge in [0.2, 0.25) is 0 Å². The van der Waals surface area contributed by atoms with Crippen molar-refractivity contribution in [3.05, 3.63) is 11.9 Å². The Hall–Kier alpha value is -1.56. The molecule has 0 bridgehead atoms. The number of hydrogen-bond donors (Lipinski definition) is 3. The number of amides is 1. The Morgan fingerprint density at radius 1 is 1.80 bits per heavy atom. The van der Waals surface area contributed by atoms with Crippen LogP contribution in [0.1, 0.15) is 23.3 Å². The lowest BCUT2D eigenvalue weighted by molar-refractivity contribution is 0.0854. The van der Waals surface area contributed by atoms with Gasteiger partial charge in [-0.05, 0) is 12.8 Å². The van der Waals surface area contributed by atoms with Gasteiger partial charge in [-0.25, -0.2) is 0 Å². The van der Waals surface area contributed by atoms with E-state index in [1.807, 2.05) is 0 Å². The van der Waals surface area contributed by atoms with Gasteiger partial charge < -0.3 is 15.8 Å². The van der Waals surface area contributed by atoms with Crippen LogP contribution in [0.5, 0.6) is 0 Å². The smallest absolute Gasteiger partial charge is 0.271 e. The number of carbonyl (C=O) groups is 1. The van der Waals surface area contributed by atoms with Crippen LogP contribution < -0.4 is 11.1 Å². The summed E-state index contributed by atoms with van der Waals surface area (Å²) in [6, 6.07) is 0. The van der Waals surface area contributed by atoms with Crippen LogP contribution in [0, 0.1) is 0 Å². The molecule has 1 aliphatic heterocycles. The van der Waals surface area contributed by atoms with Crippen molar-refractivity contribution in [1.82, 2.24) is 15.5 Å². The van der Waals surface area contributed by atoms with Crippen molar-refractivity contribution in [3.63, 3.8) is 0 Å². The molecule has 1 saturated heterocycles. The van der Waals surface area contributed by atoms with E-state index in [9.17, 15) is 4.79 Å². The van der Waals surface area contributed by atoms with Gasteiger partial charge in [-0.15, -0.1) is 0 Å². The SMILES string of the molecule is Nc1cn[nH]c1C(=O)NCC1CCCO1. The molecule has 6 heteroatoms. The topological polar surface area (TPSA) is 93.0 Å². The fourth-order valence-electron chi connectivity index (χ4n) is 1.58. The second-order valence-electron chi connectivity index (χ2n) is 3.55. The molecular weight excluding hydrogens is 196 g/mol. The van der Waals surface area contributed by atoms with Crippen molar-refractivity contribution in [2.24, 2.45) is 0 Å². The number of nitrogen functional groups attached to an aromatic ring is 1. The third-order valence-corrected chi connectivity index (χ3v) is 2.41. The van der Waals surface area contributed by atoms with E-state index in [-0.39, 0.29) is 12.0 Å². The molecule has 0 aromatic carbocycles. The lowest BCUT2D eigenvalue weighted by Crippen LogP contribution is -2.32. The summed E-state index contributed by atoms with van der Waals surface area (Å²) in [6.45, 7) is 1.31. The van der Waals surface area contributed by atoms with Gasteiger partial charge in [-0.2, -0.15) is 5.10 Å². The van der Waals surface area contributed by atoms with Crippen LogP contribution >= 0.6 is 0 Å². The number of hydrogen-bond acceptors (Lipinski definition) is 4. The molecule has 1 atom stereocenters. The Kier molecular flexibility index (Phi) is 2.86. The maximum absolute atomic E-state index is 11.6. The predicted molar refractivity (Wildman–Crippen MR) is 54.3 cm³/mol. The Bertz CT molecular complexity index is 344. The fourth-order valence-corrected chi connectivity index (χ4v) is 1.58. The van der Waals surface area contributed by atoms with Crippen molar-refractivity contribution < 1.29 is 9.53 Å². The van der Waals surface area contributed by atoms with Crippen molar-refractivity contribution >= 4 is 11.6 Å². The summed E-state index contributed by atoms with van der Waals surface area (Å²) in [5.41, 5.74) is 6.21. The second kappa shape index (κ2) is 4.31. The number of nitrogens with one attached hydrogen (secondary N) is 2. The molecule has 82 valence electrons. The molecule has 6 nitrogen and oxygen atoms in total. The van der Waals surface area contributed by atoms with Gasteiger partial charge in [0, 0.05) is 13.2 Å². The van der Waals surface area contributed by atoms with Gasteiger partial charge in [-0.3, -0.25) is 9.89 Å². The lowest BCUT2D eigenvalue weighted by Gasteiger charge is -2.09. The molecule has 0 aliphatic carbocycles. The minimum Gasteiger partial charge on any atom is -0.396 e. The van der Waals surface area contributed by atoms with E-state index in [0.29, 0.717) is 17.9 Å². The third kappa shape index (κ3) is 2.27. The zero-order chi connectivity index (χ0) is 10.7. The van der Waals surface area contributed by atoms with Crippen molar-refractivity contribution in [2.75, 3.05) is 18.9 Å². The van der Waals surface area contributed by atoms with E-state index < -0.39 is 0 Å². The van der Waals surface area contributed by atoms with E-state index in [4.69, 9.17) is 10.5 Å². The first-order valence-electron chi connectivity index (χ1n) is 4.96. The van der Waals surface area contributed by atoms with Crippen molar-refractivity contribution in [3.8, 4) is 0 Å². The Labute approximate surface area is 87.2 Å². The standard InChI is InChI=1S/C9H14N4O2/c10-7-5-12-13-8(7)9(14)11-4-6-2-1-3-15-6/h5-6H,1-4,10H2,(H,11,14)(H,12,13). The first-order valence-corrected chi connectivity index (χ1v) is 4.96. The van der Waals surface area contributed by atoms with E-state index >= 15 is 0 Å². The van der Waals surface area contributed by atoms with Crippen LogP contribution in [0.3, 0.4) is 0 Å². The predicted octanol–water partition coefficient (Wildman–Crippen LogP) is -0.0993. The number of aromatic amines is 1. The monoisotopic (exact) mass is 210 g/mol. The van der Waals surface area contributed by atoms with Crippen LogP contribution in [0.4, 0.5) is 5.69 Å².